The summed E-state index contributed by atoms with van der Waals surface area (Å²) in [6, 6.07) is 7.88. The van der Waals surface area contributed by atoms with Crippen LogP contribution in [-0.2, 0) is 0 Å². The monoisotopic (exact) mass is 188 g/mol. The number of benzene rings is 1. The van der Waals surface area contributed by atoms with Gasteiger partial charge in [0.05, 0.1) is 6.04 Å². The molecule has 0 saturated carbocycles. The second kappa shape index (κ2) is 3.64. The van der Waals surface area contributed by atoms with Crippen LogP contribution in [0.3, 0.4) is 0 Å². The van der Waals surface area contributed by atoms with Gasteiger partial charge in [-0.25, -0.2) is 4.98 Å². The molecule has 0 aliphatic rings. The van der Waals surface area contributed by atoms with Gasteiger partial charge in [0.2, 0.25) is 0 Å². The van der Waals surface area contributed by atoms with Crippen LogP contribution in [0, 0.1) is 6.92 Å². The minimum absolute atomic E-state index is 0.200. The Morgan fingerprint density at radius 3 is 2.93 bits per heavy atom. The average molecular weight is 188 g/mol. The molecule has 1 unspecified atom stereocenters. The highest BCUT2D eigenvalue weighted by Gasteiger charge is 2.10. The average Bonchev–Trinajstić information content (AvgIpc) is 2.69. The van der Waals surface area contributed by atoms with Crippen molar-refractivity contribution in [2.45, 2.75) is 13.0 Å². The van der Waals surface area contributed by atoms with E-state index in [-0.39, 0.29) is 6.04 Å². The summed E-state index contributed by atoms with van der Waals surface area (Å²) >= 11 is 0. The fraction of sp³-hybridized carbons (Fsp3) is 0.182. The Kier molecular flexibility index (Phi) is 2.33. The standard InChI is InChI=1S/C11H12N2O/c1-8-3-2-4-9(5-8)11(12)10-6-14-7-13-10/h2-7,11H,12H2,1H3. The van der Waals surface area contributed by atoms with Gasteiger partial charge in [-0.2, -0.15) is 0 Å². The smallest absolute Gasteiger partial charge is 0.180 e. The van der Waals surface area contributed by atoms with Gasteiger partial charge in [0.1, 0.15) is 12.0 Å². The number of oxazole rings is 1. The predicted octanol–water partition coefficient (Wildman–Crippen LogP) is 2.03. The molecule has 1 aromatic carbocycles. The number of rotatable bonds is 2. The van der Waals surface area contributed by atoms with Gasteiger partial charge < -0.3 is 10.2 Å². The Labute approximate surface area is 82.6 Å². The highest BCUT2D eigenvalue weighted by atomic mass is 16.3. The SMILES string of the molecule is Cc1cccc(C(N)c2cocn2)c1. The number of hydrogen-bond acceptors (Lipinski definition) is 3. The van der Waals surface area contributed by atoms with Gasteiger partial charge in [0, 0.05) is 0 Å². The molecule has 0 saturated heterocycles. The molecule has 2 N–H and O–H groups in total. The zero-order valence-electron chi connectivity index (χ0n) is 7.97. The molecule has 14 heavy (non-hydrogen) atoms. The van der Waals surface area contributed by atoms with Crippen molar-refractivity contribution in [1.82, 2.24) is 4.98 Å². The van der Waals surface area contributed by atoms with Crippen LogP contribution in [0.25, 0.3) is 0 Å². The fourth-order valence-electron chi connectivity index (χ4n) is 1.41. The van der Waals surface area contributed by atoms with Crippen LogP contribution in [0.4, 0.5) is 0 Å². The molecule has 0 bridgehead atoms. The van der Waals surface area contributed by atoms with Crippen molar-refractivity contribution < 1.29 is 4.42 Å². The summed E-state index contributed by atoms with van der Waals surface area (Å²) in [6.45, 7) is 2.04. The van der Waals surface area contributed by atoms with Crippen molar-refractivity contribution in [3.05, 3.63) is 53.7 Å². The molecule has 2 rings (SSSR count). The molecule has 72 valence electrons. The molecular weight excluding hydrogens is 176 g/mol. The highest BCUT2D eigenvalue weighted by Crippen LogP contribution is 2.18. The molecule has 2 aromatic rings. The molecule has 0 amide bonds. The Bertz CT molecular complexity index is 409. The number of nitrogens with two attached hydrogens (primary N) is 1. The van der Waals surface area contributed by atoms with E-state index < -0.39 is 0 Å². The molecule has 0 aliphatic carbocycles. The topological polar surface area (TPSA) is 52.0 Å². The van der Waals surface area contributed by atoms with Crippen molar-refractivity contribution >= 4 is 0 Å². The number of nitrogens with zero attached hydrogens (tertiary/aromatic N) is 1. The summed E-state index contributed by atoms with van der Waals surface area (Å²) in [5, 5.41) is 0. The number of aryl methyl sites for hydroxylation is 1. The molecule has 0 aliphatic heterocycles. The molecule has 0 spiro atoms. The van der Waals surface area contributed by atoms with Crippen molar-refractivity contribution in [1.29, 1.82) is 0 Å². The largest absolute Gasteiger partial charge is 0.451 e. The second-order valence-electron chi connectivity index (χ2n) is 3.31. The van der Waals surface area contributed by atoms with Gasteiger partial charge in [-0.15, -0.1) is 0 Å². The van der Waals surface area contributed by atoms with Gasteiger partial charge in [0.15, 0.2) is 6.39 Å². The van der Waals surface area contributed by atoms with E-state index in [1.807, 2.05) is 25.1 Å². The molecule has 3 nitrogen and oxygen atoms in total. The van der Waals surface area contributed by atoms with E-state index in [4.69, 9.17) is 10.2 Å². The van der Waals surface area contributed by atoms with E-state index in [1.165, 1.54) is 12.0 Å². The number of hydrogen-bond donors (Lipinski definition) is 1. The molecule has 1 heterocycles. The Hall–Kier alpha value is -1.61. The lowest BCUT2D eigenvalue weighted by Gasteiger charge is -2.08. The van der Waals surface area contributed by atoms with Crippen LogP contribution in [0.1, 0.15) is 22.9 Å². The maximum absolute atomic E-state index is 6.01. The van der Waals surface area contributed by atoms with Crippen molar-refractivity contribution in [3.63, 3.8) is 0 Å². The minimum atomic E-state index is -0.200. The van der Waals surface area contributed by atoms with Crippen LogP contribution in [0.2, 0.25) is 0 Å². The first-order chi connectivity index (χ1) is 6.77. The number of aromatic nitrogens is 1. The summed E-state index contributed by atoms with van der Waals surface area (Å²) in [7, 11) is 0. The Morgan fingerprint density at radius 1 is 1.43 bits per heavy atom. The van der Waals surface area contributed by atoms with Gasteiger partial charge in [-0.1, -0.05) is 29.8 Å². The first-order valence-corrected chi connectivity index (χ1v) is 4.47. The molecule has 3 heteroatoms. The minimum Gasteiger partial charge on any atom is -0.451 e. The third kappa shape index (κ3) is 1.67. The highest BCUT2D eigenvalue weighted by molar-refractivity contribution is 5.29. The lowest BCUT2D eigenvalue weighted by atomic mass is 10.0. The normalized spacial score (nSPS) is 12.7. The maximum Gasteiger partial charge on any atom is 0.180 e. The van der Waals surface area contributed by atoms with E-state index in [1.54, 1.807) is 6.26 Å². The Morgan fingerprint density at radius 2 is 2.29 bits per heavy atom. The summed E-state index contributed by atoms with van der Waals surface area (Å²) in [4.78, 5) is 4.03. The van der Waals surface area contributed by atoms with Gasteiger partial charge in [-0.05, 0) is 12.5 Å². The van der Waals surface area contributed by atoms with Crippen molar-refractivity contribution in [3.8, 4) is 0 Å². The third-order valence-electron chi connectivity index (χ3n) is 2.17. The summed E-state index contributed by atoms with van der Waals surface area (Å²) in [5.74, 6) is 0. The van der Waals surface area contributed by atoms with E-state index in [0.29, 0.717) is 0 Å². The van der Waals surface area contributed by atoms with Gasteiger partial charge in [-0.3, -0.25) is 0 Å². The molecule has 1 aromatic heterocycles. The third-order valence-corrected chi connectivity index (χ3v) is 2.17. The van der Waals surface area contributed by atoms with Crippen molar-refractivity contribution in [2.24, 2.45) is 5.73 Å². The van der Waals surface area contributed by atoms with Crippen LogP contribution < -0.4 is 5.73 Å². The fourth-order valence-corrected chi connectivity index (χ4v) is 1.41. The van der Waals surface area contributed by atoms with E-state index >= 15 is 0 Å². The lowest BCUT2D eigenvalue weighted by molar-refractivity contribution is 0.555. The second-order valence-corrected chi connectivity index (χ2v) is 3.31. The molecular formula is C11H12N2O. The first kappa shape index (κ1) is 8.97. The van der Waals surface area contributed by atoms with Gasteiger partial charge >= 0.3 is 0 Å². The van der Waals surface area contributed by atoms with Crippen molar-refractivity contribution in [2.75, 3.05) is 0 Å². The van der Waals surface area contributed by atoms with Crippen LogP contribution >= 0.6 is 0 Å². The quantitative estimate of drug-likeness (QED) is 0.784. The van der Waals surface area contributed by atoms with Gasteiger partial charge in [0.25, 0.3) is 0 Å². The first-order valence-electron chi connectivity index (χ1n) is 4.47. The summed E-state index contributed by atoms with van der Waals surface area (Å²) in [5.41, 5.74) is 9.02. The van der Waals surface area contributed by atoms with Crippen LogP contribution in [0.5, 0.6) is 0 Å². The summed E-state index contributed by atoms with van der Waals surface area (Å²) in [6.07, 6.45) is 2.97. The molecule has 0 fully saturated rings. The van der Waals surface area contributed by atoms with Crippen LogP contribution in [0.15, 0.2) is 41.3 Å². The van der Waals surface area contributed by atoms with E-state index in [0.717, 1.165) is 11.3 Å². The summed E-state index contributed by atoms with van der Waals surface area (Å²) < 4.78 is 4.90. The molecule has 1 atom stereocenters. The Balaban J connectivity index is 2.32. The predicted molar refractivity (Wildman–Crippen MR) is 53.7 cm³/mol. The lowest BCUT2D eigenvalue weighted by Crippen LogP contribution is -2.12. The molecule has 0 radical (unpaired) electrons. The van der Waals surface area contributed by atoms with E-state index in [2.05, 4.69) is 11.1 Å². The maximum atomic E-state index is 6.01. The zero-order valence-corrected chi connectivity index (χ0v) is 7.97. The zero-order chi connectivity index (χ0) is 9.97. The van der Waals surface area contributed by atoms with E-state index in [9.17, 15) is 0 Å². The van der Waals surface area contributed by atoms with Crippen LogP contribution in [-0.4, -0.2) is 4.98 Å².